The van der Waals surface area contributed by atoms with E-state index < -0.39 is 0 Å². The van der Waals surface area contributed by atoms with Crippen LogP contribution in [0.3, 0.4) is 0 Å². The molecule has 5 N–H and O–H groups in total. The third kappa shape index (κ3) is 24.3. The number of nitrogens with two attached hydrogens (primary N) is 2. The molecule has 0 unspecified atom stereocenters. The van der Waals surface area contributed by atoms with Gasteiger partial charge in [0.05, 0.1) is 0 Å². The largest absolute Gasteiger partial charge is 4.00 e. The molecule has 1 saturated carbocycles. The molecule has 4 nitrogen and oxygen atoms in total. The van der Waals surface area contributed by atoms with E-state index in [2.05, 4.69) is 6.42 Å². The van der Waals surface area contributed by atoms with Crippen molar-refractivity contribution in [3.63, 3.8) is 0 Å². The summed E-state index contributed by atoms with van der Waals surface area (Å²) in [5.74, 6) is 0. The van der Waals surface area contributed by atoms with Crippen LogP contribution in [0, 0.1) is 6.42 Å². The SMILES string of the molecule is O=[C-]O.[CH-]1CCC1.[NH2-].[NH2-].[Pt+4]. The Bertz CT molecular complexity index is 46.9. The second-order valence-electron chi connectivity index (χ2n) is 1.31. The number of hydrogen-bond donors (Lipinski definition) is 1. The van der Waals surface area contributed by atoms with Gasteiger partial charge in [0, 0.05) is 0 Å². The van der Waals surface area contributed by atoms with Gasteiger partial charge in [-0.15, -0.1) is 6.42 Å². The molecule has 0 spiro atoms. The van der Waals surface area contributed by atoms with Gasteiger partial charge in [-0.05, 0) is 0 Å². The van der Waals surface area contributed by atoms with Crippen molar-refractivity contribution in [2.45, 2.75) is 19.3 Å². The van der Waals surface area contributed by atoms with Crippen molar-refractivity contribution in [3.05, 3.63) is 18.7 Å². The maximum atomic E-state index is 8.24. The van der Waals surface area contributed by atoms with Crippen LogP contribution < -0.4 is 0 Å². The van der Waals surface area contributed by atoms with Gasteiger partial charge >= 0.3 is 21.1 Å². The van der Waals surface area contributed by atoms with E-state index in [1.165, 1.54) is 19.3 Å². The van der Waals surface area contributed by atoms with Gasteiger partial charge in [0.2, 0.25) is 0 Å². The average molecular weight is 327 g/mol. The van der Waals surface area contributed by atoms with E-state index in [0.29, 0.717) is 6.47 Å². The van der Waals surface area contributed by atoms with Gasteiger partial charge in [-0.25, -0.2) is 0 Å². The Morgan fingerprint density at radius 3 is 1.40 bits per heavy atom. The minimum absolute atomic E-state index is 0. The minimum atomic E-state index is 0. The van der Waals surface area contributed by atoms with Crippen molar-refractivity contribution in [3.8, 4) is 0 Å². The van der Waals surface area contributed by atoms with E-state index in [4.69, 9.17) is 9.90 Å². The number of aliphatic hydroxyl groups excluding tert-OH is 1. The molecule has 1 fully saturated rings. The first-order valence-electron chi connectivity index (χ1n) is 2.24. The summed E-state index contributed by atoms with van der Waals surface area (Å²) in [5.41, 5.74) is 0. The van der Waals surface area contributed by atoms with Crippen LogP contribution in [0.15, 0.2) is 0 Å². The first kappa shape index (κ1) is 22.5. The molecule has 5 heteroatoms. The van der Waals surface area contributed by atoms with Gasteiger partial charge in [0.25, 0.3) is 0 Å². The Balaban J connectivity index is -0.0000000286. The molecule has 0 aliphatic heterocycles. The Kier molecular flexibility index (Phi) is 51.6. The first-order chi connectivity index (χ1) is 3.41. The summed E-state index contributed by atoms with van der Waals surface area (Å²) >= 11 is 0. The summed E-state index contributed by atoms with van der Waals surface area (Å²) in [6.07, 6.45) is 6.50. The Labute approximate surface area is 75.8 Å². The Morgan fingerprint density at radius 2 is 1.40 bits per heavy atom. The molecule has 64 valence electrons. The fraction of sp³-hybridized carbons (Fsp3) is 0.600. The van der Waals surface area contributed by atoms with Crippen LogP contribution >= 0.6 is 0 Å². The summed E-state index contributed by atoms with van der Waals surface area (Å²) in [6.45, 7) is 0.500. The summed E-state index contributed by atoms with van der Waals surface area (Å²) in [6, 6.07) is 0. The zero-order valence-corrected chi connectivity index (χ0v) is 7.80. The van der Waals surface area contributed by atoms with Gasteiger partial charge < -0.3 is 28.6 Å². The molecule has 0 heterocycles. The third-order valence-electron chi connectivity index (χ3n) is 0.816. The van der Waals surface area contributed by atoms with E-state index in [1.807, 2.05) is 0 Å². The molecule has 1 rings (SSSR count). The molecule has 0 aromatic rings. The van der Waals surface area contributed by atoms with Crippen molar-refractivity contribution in [1.29, 1.82) is 0 Å². The number of rotatable bonds is 0. The molecule has 0 aromatic heterocycles. The maximum absolute atomic E-state index is 8.24. The van der Waals surface area contributed by atoms with Crippen molar-refractivity contribution in [1.82, 2.24) is 0 Å². The first-order valence-corrected chi connectivity index (χ1v) is 2.24. The van der Waals surface area contributed by atoms with Crippen molar-refractivity contribution in [2.75, 3.05) is 0 Å². The van der Waals surface area contributed by atoms with Gasteiger partial charge in [-0.3, -0.25) is 0 Å². The van der Waals surface area contributed by atoms with Gasteiger partial charge in [0.15, 0.2) is 0 Å². The normalized spacial score (nSPS) is 10.8. The van der Waals surface area contributed by atoms with E-state index in [1.54, 1.807) is 0 Å². The Hall–Kier alpha value is 0.0783. The molecule has 0 aromatic carbocycles. The Morgan fingerprint density at radius 1 is 1.30 bits per heavy atom. The molecule has 0 atom stereocenters. The molecule has 1 aliphatic rings. The zero-order chi connectivity index (χ0) is 5.54. The van der Waals surface area contributed by atoms with Crippen molar-refractivity contribution in [2.24, 2.45) is 0 Å². The summed E-state index contributed by atoms with van der Waals surface area (Å²) in [7, 11) is 0. The van der Waals surface area contributed by atoms with Crippen LogP contribution in [-0.2, 0) is 25.9 Å². The molecule has 10 heavy (non-hydrogen) atoms. The third-order valence-corrected chi connectivity index (χ3v) is 0.816. The van der Waals surface area contributed by atoms with Crippen LogP contribution in [0.5, 0.6) is 0 Å². The molecular weight excluding hydrogens is 315 g/mol. The fourth-order valence-corrected chi connectivity index (χ4v) is 0.204. The number of hydrogen-bond acceptors (Lipinski definition) is 1. The van der Waals surface area contributed by atoms with Crippen LogP contribution in [0.1, 0.15) is 19.3 Å². The van der Waals surface area contributed by atoms with Crippen LogP contribution in [-0.4, -0.2) is 11.6 Å². The van der Waals surface area contributed by atoms with E-state index >= 15 is 0 Å². The van der Waals surface area contributed by atoms with Gasteiger partial charge in [0.1, 0.15) is 0 Å². The zero-order valence-electron chi connectivity index (χ0n) is 5.53. The van der Waals surface area contributed by atoms with Gasteiger partial charge in [-0.2, -0.15) is 12.8 Å². The topological polar surface area (TPSA) is 104 Å². The monoisotopic (exact) mass is 327 g/mol. The van der Waals surface area contributed by atoms with Crippen LogP contribution in [0.4, 0.5) is 0 Å². The standard InChI is InChI=1S/C4H7.CHO2.2H2N.Pt/c1-2-4-3-1;2-1-3;;;/h1H,2-4H2;(H,2,3);2*1H2;/q4*-1;+4. The van der Waals surface area contributed by atoms with Crippen LogP contribution in [0.25, 0.3) is 12.3 Å². The predicted octanol–water partition coefficient (Wildman–Crippen LogP) is 2.42. The second kappa shape index (κ2) is 23.0. The average Bonchev–Trinajstić information content (AvgIpc) is 1.27. The van der Waals surface area contributed by atoms with Gasteiger partial charge in [-0.1, -0.05) is 6.47 Å². The molecule has 0 saturated heterocycles. The van der Waals surface area contributed by atoms with Crippen molar-refractivity contribution >= 4 is 6.47 Å². The van der Waals surface area contributed by atoms with Crippen molar-refractivity contribution < 1.29 is 31.0 Å². The summed E-state index contributed by atoms with van der Waals surface area (Å²) in [4.78, 5) is 8.24. The smallest absolute Gasteiger partial charge is 0.693 e. The van der Waals surface area contributed by atoms with E-state index in [0.717, 1.165) is 0 Å². The second-order valence-corrected chi connectivity index (χ2v) is 1.31. The molecule has 0 amide bonds. The van der Waals surface area contributed by atoms with E-state index in [-0.39, 0.29) is 33.4 Å². The fourth-order valence-electron chi connectivity index (χ4n) is 0.204. The summed E-state index contributed by atoms with van der Waals surface area (Å²) in [5, 5.41) is 6.76. The predicted molar refractivity (Wildman–Crippen MR) is 37.0 cm³/mol. The minimum Gasteiger partial charge on any atom is -0.693 e. The quantitative estimate of drug-likeness (QED) is 0.690. The molecular formula is C5H12N2O2Pt. The van der Waals surface area contributed by atoms with E-state index in [9.17, 15) is 0 Å². The molecule has 0 bridgehead atoms. The molecule has 1 aliphatic carbocycles. The summed E-state index contributed by atoms with van der Waals surface area (Å²) < 4.78 is 0. The molecule has 0 radical (unpaired) electrons. The van der Waals surface area contributed by atoms with Crippen LogP contribution in [0.2, 0.25) is 0 Å². The maximum Gasteiger partial charge on any atom is 4.00 e.